The van der Waals surface area contributed by atoms with Gasteiger partial charge in [-0.15, -0.1) is 0 Å². The van der Waals surface area contributed by atoms with E-state index in [1.54, 1.807) is 0 Å². The number of aromatic nitrogens is 5. The van der Waals surface area contributed by atoms with Crippen molar-refractivity contribution in [3.63, 3.8) is 0 Å². The van der Waals surface area contributed by atoms with Crippen molar-refractivity contribution in [1.82, 2.24) is 24.4 Å². The average molecular weight is 304 g/mol. The Morgan fingerprint density at radius 1 is 1.26 bits per heavy atom. The highest BCUT2D eigenvalue weighted by molar-refractivity contribution is 5.84. The molecule has 0 radical (unpaired) electrons. The predicted molar refractivity (Wildman–Crippen MR) is 84.9 cm³/mol. The molecule has 0 saturated heterocycles. The van der Waals surface area contributed by atoms with Crippen LogP contribution >= 0.6 is 0 Å². The molecule has 0 atom stereocenters. The van der Waals surface area contributed by atoms with Gasteiger partial charge in [-0.1, -0.05) is 12.1 Å². The second-order valence-corrected chi connectivity index (χ2v) is 5.19. The summed E-state index contributed by atoms with van der Waals surface area (Å²) in [6.45, 7) is 2.79. The van der Waals surface area contributed by atoms with Crippen molar-refractivity contribution in [3.8, 4) is 17.3 Å². The topological polar surface area (TPSA) is 91.8 Å². The number of nitrogens with zero attached hydrogens (tertiary/aromatic N) is 5. The van der Waals surface area contributed by atoms with E-state index in [4.69, 9.17) is 5.26 Å². The lowest BCUT2D eigenvalue weighted by Crippen LogP contribution is -2.14. The van der Waals surface area contributed by atoms with Crippen molar-refractivity contribution in [2.45, 2.75) is 13.5 Å². The molecule has 0 aliphatic carbocycles. The van der Waals surface area contributed by atoms with E-state index >= 15 is 0 Å². The lowest BCUT2D eigenvalue weighted by molar-refractivity contribution is 0.684. The van der Waals surface area contributed by atoms with Crippen molar-refractivity contribution in [3.05, 3.63) is 52.6 Å². The van der Waals surface area contributed by atoms with E-state index in [0.29, 0.717) is 16.9 Å². The Kier molecular flexibility index (Phi) is 2.78. The Hall–Kier alpha value is -3.40. The summed E-state index contributed by atoms with van der Waals surface area (Å²) in [5.74, 6) is 0. The highest BCUT2D eigenvalue weighted by atomic mass is 16.1. The molecule has 1 aromatic carbocycles. The SMILES string of the molecule is CCn1ncc2ccc(-c3cc(=O)n4ncc(C#N)c4[nH]3)cc21. The lowest BCUT2D eigenvalue weighted by atomic mass is 10.1. The van der Waals surface area contributed by atoms with Crippen LogP contribution in [0.15, 0.2) is 41.5 Å². The molecule has 0 aliphatic rings. The van der Waals surface area contributed by atoms with E-state index in [2.05, 4.69) is 15.2 Å². The predicted octanol–water partition coefficient (Wildman–Crippen LogP) is 1.93. The smallest absolute Gasteiger partial charge is 0.274 e. The van der Waals surface area contributed by atoms with Gasteiger partial charge in [-0.05, 0) is 13.0 Å². The fraction of sp³-hybridized carbons (Fsp3) is 0.125. The van der Waals surface area contributed by atoms with Crippen molar-refractivity contribution >= 4 is 16.6 Å². The van der Waals surface area contributed by atoms with Gasteiger partial charge in [0.1, 0.15) is 11.6 Å². The maximum atomic E-state index is 12.2. The molecule has 7 nitrogen and oxygen atoms in total. The fourth-order valence-corrected chi connectivity index (χ4v) is 2.71. The van der Waals surface area contributed by atoms with Crippen molar-refractivity contribution < 1.29 is 0 Å². The highest BCUT2D eigenvalue weighted by Crippen LogP contribution is 2.23. The summed E-state index contributed by atoms with van der Waals surface area (Å²) in [5, 5.41) is 18.4. The summed E-state index contributed by atoms with van der Waals surface area (Å²) < 4.78 is 3.09. The molecule has 3 aromatic heterocycles. The Morgan fingerprint density at radius 2 is 2.13 bits per heavy atom. The van der Waals surface area contributed by atoms with Gasteiger partial charge in [0, 0.05) is 23.6 Å². The molecule has 0 amide bonds. The van der Waals surface area contributed by atoms with Crippen LogP contribution in [0.4, 0.5) is 0 Å². The number of rotatable bonds is 2. The minimum absolute atomic E-state index is 0.278. The van der Waals surface area contributed by atoms with Crippen molar-refractivity contribution in [2.24, 2.45) is 0 Å². The third kappa shape index (κ3) is 1.92. The summed E-state index contributed by atoms with van der Waals surface area (Å²) in [6, 6.07) is 9.39. The third-order valence-electron chi connectivity index (χ3n) is 3.87. The summed E-state index contributed by atoms with van der Waals surface area (Å²) in [6.07, 6.45) is 3.20. The number of hydrogen-bond donors (Lipinski definition) is 1. The monoisotopic (exact) mass is 304 g/mol. The zero-order valence-electron chi connectivity index (χ0n) is 12.3. The first kappa shape index (κ1) is 13.3. The molecule has 4 aromatic rings. The number of aryl methyl sites for hydroxylation is 1. The van der Waals surface area contributed by atoms with Crippen LogP contribution in [0.25, 0.3) is 27.8 Å². The number of fused-ring (bicyclic) bond motifs is 2. The molecule has 7 heteroatoms. The molecule has 112 valence electrons. The normalized spacial score (nSPS) is 11.1. The molecule has 4 rings (SSSR count). The first-order valence-electron chi connectivity index (χ1n) is 7.18. The molecule has 3 heterocycles. The molecular formula is C16H12N6O. The van der Waals surface area contributed by atoms with E-state index < -0.39 is 0 Å². The Bertz CT molecular complexity index is 1140. The van der Waals surface area contributed by atoms with Crippen LogP contribution in [0.1, 0.15) is 12.5 Å². The maximum Gasteiger partial charge on any atom is 0.274 e. The Balaban J connectivity index is 1.98. The fourth-order valence-electron chi connectivity index (χ4n) is 2.71. The zero-order valence-corrected chi connectivity index (χ0v) is 12.3. The van der Waals surface area contributed by atoms with Crippen molar-refractivity contribution in [1.29, 1.82) is 5.26 Å². The summed E-state index contributed by atoms with van der Waals surface area (Å²) in [7, 11) is 0. The Labute approximate surface area is 130 Å². The molecule has 0 bridgehead atoms. The van der Waals surface area contributed by atoms with E-state index in [1.807, 2.05) is 42.1 Å². The van der Waals surface area contributed by atoms with Crippen LogP contribution in [-0.2, 0) is 6.54 Å². The van der Waals surface area contributed by atoms with Crippen LogP contribution in [0.2, 0.25) is 0 Å². The maximum absolute atomic E-state index is 12.2. The van der Waals surface area contributed by atoms with Gasteiger partial charge in [0.2, 0.25) is 0 Å². The summed E-state index contributed by atoms with van der Waals surface area (Å²) in [4.78, 5) is 15.3. The van der Waals surface area contributed by atoms with E-state index in [1.165, 1.54) is 16.8 Å². The quantitative estimate of drug-likeness (QED) is 0.612. The summed E-state index contributed by atoms with van der Waals surface area (Å²) >= 11 is 0. The zero-order chi connectivity index (χ0) is 16.0. The molecule has 0 spiro atoms. The third-order valence-corrected chi connectivity index (χ3v) is 3.87. The standard InChI is InChI=1S/C16H12N6O/c1-2-21-14-5-10(3-4-11(14)8-18-21)13-6-15(23)22-16(20-13)12(7-17)9-19-22/h3-6,8-9,20H,2H2,1H3. The van der Waals surface area contributed by atoms with Gasteiger partial charge in [-0.2, -0.15) is 20.0 Å². The van der Waals surface area contributed by atoms with Crippen LogP contribution in [0.5, 0.6) is 0 Å². The molecule has 0 saturated carbocycles. The van der Waals surface area contributed by atoms with Gasteiger partial charge in [-0.25, -0.2) is 0 Å². The number of H-pyrrole nitrogens is 1. The first-order valence-corrected chi connectivity index (χ1v) is 7.18. The first-order chi connectivity index (χ1) is 11.2. The van der Waals surface area contributed by atoms with Gasteiger partial charge in [-0.3, -0.25) is 9.48 Å². The lowest BCUT2D eigenvalue weighted by Gasteiger charge is -2.05. The van der Waals surface area contributed by atoms with Crippen LogP contribution in [0, 0.1) is 11.3 Å². The average Bonchev–Trinajstić information content (AvgIpc) is 3.17. The Morgan fingerprint density at radius 3 is 2.91 bits per heavy atom. The van der Waals surface area contributed by atoms with Gasteiger partial charge in [0.05, 0.1) is 23.6 Å². The molecule has 0 unspecified atom stereocenters. The minimum Gasteiger partial charge on any atom is -0.338 e. The van der Waals surface area contributed by atoms with E-state index in [-0.39, 0.29) is 5.56 Å². The number of nitrogens with one attached hydrogen (secondary N) is 1. The van der Waals surface area contributed by atoms with E-state index in [9.17, 15) is 4.79 Å². The minimum atomic E-state index is -0.278. The second kappa shape index (κ2) is 4.81. The largest absolute Gasteiger partial charge is 0.338 e. The number of nitriles is 1. The molecule has 23 heavy (non-hydrogen) atoms. The number of benzene rings is 1. The molecule has 0 aliphatic heterocycles. The summed E-state index contributed by atoms with van der Waals surface area (Å²) in [5.41, 5.74) is 2.96. The molecule has 0 fully saturated rings. The van der Waals surface area contributed by atoms with Crippen LogP contribution in [0.3, 0.4) is 0 Å². The molecular weight excluding hydrogens is 292 g/mol. The van der Waals surface area contributed by atoms with Crippen LogP contribution < -0.4 is 5.56 Å². The van der Waals surface area contributed by atoms with Gasteiger partial charge < -0.3 is 4.98 Å². The van der Waals surface area contributed by atoms with Crippen molar-refractivity contribution in [2.75, 3.05) is 0 Å². The van der Waals surface area contributed by atoms with E-state index in [0.717, 1.165) is 23.0 Å². The highest BCUT2D eigenvalue weighted by Gasteiger charge is 2.10. The van der Waals surface area contributed by atoms with Gasteiger partial charge in [0.15, 0.2) is 5.65 Å². The second-order valence-electron chi connectivity index (χ2n) is 5.19. The number of aromatic amines is 1. The van der Waals surface area contributed by atoms with Gasteiger partial charge in [0.25, 0.3) is 5.56 Å². The molecule has 1 N–H and O–H groups in total. The van der Waals surface area contributed by atoms with Crippen LogP contribution in [-0.4, -0.2) is 24.4 Å². The number of hydrogen-bond acceptors (Lipinski definition) is 4. The van der Waals surface area contributed by atoms with Gasteiger partial charge >= 0.3 is 0 Å².